The number of non-ortho nitro benzene ring substituents is 1. The standard InChI is InChI=1S/C61H77F2N3O10/c1-3-5-6-7-8-9-10-11-12-19-37-72-60(69)65(41-44-24-28-48(62)29-25-44)57-40-55(64-75-42-45-26-30-49(31-27-45)66(70)71)52-38-46(20-15-17-34-67)51(22-16-18-35-68)58-53-39-50(73-43-47-21-13-14-23-54(47)63)32-33-56(53)76-61(57,59(52)58)74-36-4-2/h4,13-14,21,23-33,38-39,46,51,57-59,67-68H,2-3,5-12,15-20,22,34-37,40-43H2,1H3/t46-,51+,57-,58+,59+,61+/m0/s1. The number of hydrogen-bond acceptors (Lipinski definition) is 11. The molecular weight excluding hydrogens is 973 g/mol. The van der Waals surface area contributed by atoms with Crippen molar-refractivity contribution in [2.75, 3.05) is 26.4 Å². The Morgan fingerprint density at radius 2 is 1.54 bits per heavy atom. The summed E-state index contributed by atoms with van der Waals surface area (Å²) in [5.41, 5.74) is 3.79. The molecule has 76 heavy (non-hydrogen) atoms. The molecule has 2 N–H and O–H groups in total. The molecule has 1 amide bonds. The van der Waals surface area contributed by atoms with Crippen LogP contribution < -0.4 is 9.47 Å². The summed E-state index contributed by atoms with van der Waals surface area (Å²) in [7, 11) is 0. The number of nitro benzene ring substituents is 1. The minimum Gasteiger partial charge on any atom is -0.489 e. The second-order valence-corrected chi connectivity index (χ2v) is 20.4. The third-order valence-corrected chi connectivity index (χ3v) is 15.2. The molecule has 3 aliphatic rings. The van der Waals surface area contributed by atoms with Gasteiger partial charge in [0.05, 0.1) is 29.8 Å². The van der Waals surface area contributed by atoms with Crippen LogP contribution in [-0.2, 0) is 34.1 Å². The van der Waals surface area contributed by atoms with Gasteiger partial charge in [-0.1, -0.05) is 125 Å². The van der Waals surface area contributed by atoms with Gasteiger partial charge in [-0.15, -0.1) is 6.58 Å². The van der Waals surface area contributed by atoms with Crippen LogP contribution in [0.15, 0.2) is 120 Å². The molecule has 4 aromatic carbocycles. The van der Waals surface area contributed by atoms with Crippen LogP contribution in [0.2, 0.25) is 0 Å². The van der Waals surface area contributed by atoms with Crippen LogP contribution in [0.25, 0.3) is 0 Å². The summed E-state index contributed by atoms with van der Waals surface area (Å²) in [4.78, 5) is 34.0. The highest BCUT2D eigenvalue weighted by atomic mass is 19.1. The third kappa shape index (κ3) is 15.1. The van der Waals surface area contributed by atoms with Crippen molar-refractivity contribution in [1.82, 2.24) is 4.90 Å². The van der Waals surface area contributed by atoms with Gasteiger partial charge in [0.2, 0.25) is 5.79 Å². The number of oxime groups is 1. The SMILES string of the molecule is C=CCO[C@@]12Oc3ccc(OCc4ccccc4F)cc3[C@H]3[C@H](CCCCO)[C@@H](CCCCO)C=C(C(=NOCc4ccc([N+](=O)[O-])cc4)C[C@@H]1N(Cc1ccc(F)cc1)C(=O)OCCCCCCCCCCCC)[C@H]32. The topological polar surface area (TPSA) is 162 Å². The Balaban J connectivity index is 1.34. The molecule has 0 bridgehead atoms. The van der Waals surface area contributed by atoms with Crippen LogP contribution in [0.4, 0.5) is 19.3 Å². The Kier molecular flexibility index (Phi) is 22.2. The molecule has 0 radical (unpaired) electrons. The van der Waals surface area contributed by atoms with Gasteiger partial charge in [0, 0.05) is 55.4 Å². The molecule has 410 valence electrons. The molecule has 4 aromatic rings. The number of ether oxygens (including phenoxy) is 4. The maximum atomic E-state index is 15.1. The van der Waals surface area contributed by atoms with Crippen molar-refractivity contribution in [2.45, 2.75) is 154 Å². The van der Waals surface area contributed by atoms with Gasteiger partial charge in [0.15, 0.2) is 0 Å². The van der Waals surface area contributed by atoms with E-state index >= 15 is 4.79 Å². The summed E-state index contributed by atoms with van der Waals surface area (Å²) >= 11 is 0. The molecule has 0 saturated heterocycles. The molecule has 7 rings (SSSR count). The van der Waals surface area contributed by atoms with Crippen LogP contribution >= 0.6 is 0 Å². The summed E-state index contributed by atoms with van der Waals surface area (Å²) in [6.45, 7) is 6.49. The van der Waals surface area contributed by atoms with E-state index in [1.54, 1.807) is 59.5 Å². The molecule has 6 atom stereocenters. The highest BCUT2D eigenvalue weighted by Gasteiger charge is 2.65. The highest BCUT2D eigenvalue weighted by Crippen LogP contribution is 2.62. The summed E-state index contributed by atoms with van der Waals surface area (Å²) < 4.78 is 56.6. The second-order valence-electron chi connectivity index (χ2n) is 20.4. The zero-order valence-electron chi connectivity index (χ0n) is 44.1. The number of aliphatic hydroxyl groups is 2. The van der Waals surface area contributed by atoms with E-state index < -0.39 is 34.6 Å². The van der Waals surface area contributed by atoms with Crippen LogP contribution in [-0.4, -0.2) is 70.1 Å². The van der Waals surface area contributed by atoms with Crippen molar-refractivity contribution in [3.05, 3.63) is 159 Å². The number of fused-ring (bicyclic) bond motifs is 2. The van der Waals surface area contributed by atoms with E-state index in [0.29, 0.717) is 66.0 Å². The number of carbonyl (C=O) groups excluding carboxylic acids is 1. The van der Waals surface area contributed by atoms with E-state index in [-0.39, 0.29) is 81.9 Å². The van der Waals surface area contributed by atoms with Crippen LogP contribution in [0, 0.1) is 39.5 Å². The number of rotatable bonds is 32. The van der Waals surface area contributed by atoms with E-state index in [9.17, 15) is 29.1 Å². The fourth-order valence-electron chi connectivity index (χ4n) is 11.3. The van der Waals surface area contributed by atoms with E-state index in [1.807, 2.05) is 12.1 Å². The lowest BCUT2D eigenvalue weighted by Gasteiger charge is -2.59. The number of halogens is 2. The first-order chi connectivity index (χ1) is 37.1. The number of benzene rings is 4. The van der Waals surface area contributed by atoms with Crippen molar-refractivity contribution in [2.24, 2.45) is 22.9 Å². The molecule has 0 unspecified atom stereocenters. The van der Waals surface area contributed by atoms with Crippen molar-refractivity contribution in [3.63, 3.8) is 0 Å². The van der Waals surface area contributed by atoms with Gasteiger partial charge in [-0.25, -0.2) is 13.6 Å². The first-order valence-corrected chi connectivity index (χ1v) is 27.6. The third-order valence-electron chi connectivity index (χ3n) is 15.2. The van der Waals surface area contributed by atoms with E-state index in [1.165, 1.54) is 68.9 Å². The van der Waals surface area contributed by atoms with Crippen LogP contribution in [0.3, 0.4) is 0 Å². The maximum Gasteiger partial charge on any atom is 0.410 e. The lowest BCUT2D eigenvalue weighted by Crippen LogP contribution is -2.70. The minimum atomic E-state index is -1.62. The van der Waals surface area contributed by atoms with Crippen molar-refractivity contribution >= 4 is 17.5 Å². The summed E-state index contributed by atoms with van der Waals surface area (Å²) in [6, 6.07) is 23.2. The zero-order valence-corrected chi connectivity index (χ0v) is 44.1. The average molecular weight is 1050 g/mol. The minimum absolute atomic E-state index is 0.00285. The number of aliphatic hydroxyl groups excluding tert-OH is 2. The molecule has 1 saturated carbocycles. The van der Waals surface area contributed by atoms with Gasteiger partial charge in [0.1, 0.15) is 42.4 Å². The molecule has 13 nitrogen and oxygen atoms in total. The number of carbonyl (C=O) groups is 1. The number of hydrogen-bond donors (Lipinski definition) is 2. The molecule has 0 spiro atoms. The van der Waals surface area contributed by atoms with Gasteiger partial charge in [-0.05, 0) is 109 Å². The summed E-state index contributed by atoms with van der Waals surface area (Å²) in [5, 5.41) is 36.5. The molecule has 2 aliphatic carbocycles. The molecule has 1 aliphatic heterocycles. The largest absolute Gasteiger partial charge is 0.489 e. The number of amides is 1. The molecule has 1 heterocycles. The van der Waals surface area contributed by atoms with E-state index in [2.05, 4.69) is 19.6 Å². The lowest BCUT2D eigenvalue weighted by molar-refractivity contribution is -0.384. The van der Waals surface area contributed by atoms with Gasteiger partial charge < -0.3 is 34.0 Å². The summed E-state index contributed by atoms with van der Waals surface area (Å²) in [5.74, 6) is -2.64. The Hall–Kier alpha value is -6.16. The first kappa shape index (κ1) is 57.5. The summed E-state index contributed by atoms with van der Waals surface area (Å²) in [6.07, 6.45) is 18.5. The van der Waals surface area contributed by atoms with Crippen molar-refractivity contribution in [1.29, 1.82) is 0 Å². The van der Waals surface area contributed by atoms with Crippen molar-refractivity contribution in [3.8, 4) is 11.5 Å². The molecule has 0 aromatic heterocycles. The number of nitro groups is 1. The van der Waals surface area contributed by atoms with Crippen LogP contribution in [0.1, 0.15) is 144 Å². The van der Waals surface area contributed by atoms with Gasteiger partial charge in [-0.2, -0.15) is 0 Å². The van der Waals surface area contributed by atoms with E-state index in [4.69, 9.17) is 28.9 Å². The number of allylic oxidation sites excluding steroid dienone is 1. The lowest BCUT2D eigenvalue weighted by atomic mass is 9.55. The second kappa shape index (κ2) is 29.4. The fourth-order valence-corrected chi connectivity index (χ4v) is 11.3. The van der Waals surface area contributed by atoms with Crippen LogP contribution in [0.5, 0.6) is 11.5 Å². The van der Waals surface area contributed by atoms with Crippen molar-refractivity contribution < 1.29 is 52.5 Å². The van der Waals surface area contributed by atoms with E-state index in [0.717, 1.165) is 43.2 Å². The monoisotopic (exact) mass is 1050 g/mol. The Morgan fingerprint density at radius 1 is 0.855 bits per heavy atom. The molecular formula is C61H77F2N3O10. The number of nitrogens with zero attached hydrogens (tertiary/aromatic N) is 3. The highest BCUT2D eigenvalue weighted by molar-refractivity contribution is 6.03. The predicted molar refractivity (Wildman–Crippen MR) is 289 cm³/mol. The maximum absolute atomic E-state index is 15.1. The molecule has 15 heteroatoms. The fraction of sp³-hybridized carbons (Fsp3) is 0.508. The Labute approximate surface area is 447 Å². The normalized spacial score (nSPS) is 20.9. The van der Waals surface area contributed by atoms with Gasteiger partial charge in [-0.3, -0.25) is 15.0 Å². The quantitative estimate of drug-likeness (QED) is 0.0208. The smallest absolute Gasteiger partial charge is 0.410 e. The first-order valence-electron chi connectivity index (χ1n) is 27.6. The Morgan fingerprint density at radius 3 is 2.22 bits per heavy atom. The zero-order chi connectivity index (χ0) is 53.7. The van der Waals surface area contributed by atoms with Gasteiger partial charge in [0.25, 0.3) is 5.69 Å². The number of unbranched alkanes of at least 4 members (excludes halogenated alkanes) is 11. The Bertz CT molecular complexity index is 2540. The molecule has 1 fully saturated rings. The predicted octanol–water partition coefficient (Wildman–Crippen LogP) is 13.8. The average Bonchev–Trinajstić information content (AvgIpc) is 3.46. The van der Waals surface area contributed by atoms with Gasteiger partial charge >= 0.3 is 6.09 Å².